The van der Waals surface area contributed by atoms with E-state index in [9.17, 15) is 9.59 Å². The molecule has 4 nitrogen and oxygen atoms in total. The summed E-state index contributed by atoms with van der Waals surface area (Å²) in [6.07, 6.45) is 2.32. The van der Waals surface area contributed by atoms with E-state index in [0.29, 0.717) is 37.8 Å². The summed E-state index contributed by atoms with van der Waals surface area (Å²) in [6.45, 7) is 9.63. The van der Waals surface area contributed by atoms with Gasteiger partial charge in [-0.15, -0.1) is 0 Å². The Morgan fingerprint density at radius 3 is 2.00 bits per heavy atom. The molecule has 0 aromatic heterocycles. The molecule has 0 aromatic carbocycles. The maximum absolute atomic E-state index is 12.0. The molecule has 18 heavy (non-hydrogen) atoms. The van der Waals surface area contributed by atoms with Gasteiger partial charge in [-0.05, 0) is 31.1 Å². The van der Waals surface area contributed by atoms with Crippen LogP contribution in [0.2, 0.25) is 0 Å². The molecule has 0 aliphatic heterocycles. The molecular formula is C14H26N2O2. The van der Waals surface area contributed by atoms with Crippen LogP contribution in [0.5, 0.6) is 0 Å². The molecule has 0 heterocycles. The Morgan fingerprint density at radius 2 is 1.56 bits per heavy atom. The number of hydrogen-bond donors (Lipinski definition) is 2. The lowest BCUT2D eigenvalue weighted by Crippen LogP contribution is -2.44. The van der Waals surface area contributed by atoms with Gasteiger partial charge in [0, 0.05) is 13.1 Å². The molecule has 104 valence electrons. The van der Waals surface area contributed by atoms with Crippen LogP contribution in [0.15, 0.2) is 0 Å². The smallest absolute Gasteiger partial charge is 0.235 e. The second-order valence-electron chi connectivity index (χ2n) is 6.12. The molecule has 1 aliphatic rings. The van der Waals surface area contributed by atoms with Crippen LogP contribution >= 0.6 is 0 Å². The molecule has 1 saturated carbocycles. The third kappa shape index (κ3) is 4.00. The Bertz CT molecular complexity index is 307. The molecule has 2 amide bonds. The van der Waals surface area contributed by atoms with E-state index in [4.69, 9.17) is 0 Å². The summed E-state index contributed by atoms with van der Waals surface area (Å²) in [5.41, 5.74) is -0.758. The van der Waals surface area contributed by atoms with Gasteiger partial charge in [0.1, 0.15) is 5.41 Å². The summed E-state index contributed by atoms with van der Waals surface area (Å²) >= 11 is 0. The highest BCUT2D eigenvalue weighted by Gasteiger charge is 2.56. The summed E-state index contributed by atoms with van der Waals surface area (Å²) in [6, 6.07) is 0. The van der Waals surface area contributed by atoms with E-state index < -0.39 is 5.41 Å². The van der Waals surface area contributed by atoms with Gasteiger partial charge in [-0.1, -0.05) is 27.7 Å². The van der Waals surface area contributed by atoms with Crippen molar-refractivity contribution in [3.8, 4) is 0 Å². The van der Waals surface area contributed by atoms with Crippen LogP contribution in [0, 0.1) is 17.3 Å². The fourth-order valence-electron chi connectivity index (χ4n) is 1.79. The molecule has 0 unspecified atom stereocenters. The Balaban J connectivity index is 2.38. The molecule has 1 aliphatic carbocycles. The molecule has 0 atom stereocenters. The minimum Gasteiger partial charge on any atom is -0.355 e. The lowest BCUT2D eigenvalue weighted by Gasteiger charge is -2.16. The van der Waals surface area contributed by atoms with Crippen molar-refractivity contribution >= 4 is 11.8 Å². The van der Waals surface area contributed by atoms with E-state index >= 15 is 0 Å². The van der Waals surface area contributed by atoms with E-state index in [2.05, 4.69) is 24.5 Å². The first-order chi connectivity index (χ1) is 8.38. The van der Waals surface area contributed by atoms with Crippen molar-refractivity contribution < 1.29 is 9.59 Å². The van der Waals surface area contributed by atoms with Gasteiger partial charge < -0.3 is 10.6 Å². The van der Waals surface area contributed by atoms with Gasteiger partial charge in [-0.2, -0.15) is 0 Å². The summed E-state index contributed by atoms with van der Waals surface area (Å²) in [4.78, 5) is 24.0. The van der Waals surface area contributed by atoms with Crippen molar-refractivity contribution in [2.45, 2.75) is 47.0 Å². The molecular weight excluding hydrogens is 228 g/mol. The predicted octanol–water partition coefficient (Wildman–Crippen LogP) is 1.70. The van der Waals surface area contributed by atoms with Crippen molar-refractivity contribution in [1.82, 2.24) is 10.6 Å². The van der Waals surface area contributed by atoms with Crippen molar-refractivity contribution in [1.29, 1.82) is 0 Å². The molecule has 2 N–H and O–H groups in total. The number of carbonyl (C=O) groups excluding carboxylic acids is 2. The standard InChI is InChI=1S/C14H26N2O2/c1-10(2)5-8-15-12(17)14(6-7-14)13(18)16-9-11(3)4/h10-11H,5-9H2,1-4H3,(H,15,17)(H,16,18). The summed E-state index contributed by atoms with van der Waals surface area (Å²) in [7, 11) is 0. The fraction of sp³-hybridized carbons (Fsp3) is 0.857. The molecule has 0 radical (unpaired) electrons. The second-order valence-corrected chi connectivity index (χ2v) is 6.12. The quantitative estimate of drug-likeness (QED) is 0.679. The lowest BCUT2D eigenvalue weighted by atomic mass is 10.0. The van der Waals surface area contributed by atoms with E-state index in [0.717, 1.165) is 6.42 Å². The lowest BCUT2D eigenvalue weighted by molar-refractivity contribution is -0.137. The van der Waals surface area contributed by atoms with Crippen LogP contribution in [0.3, 0.4) is 0 Å². The summed E-state index contributed by atoms with van der Waals surface area (Å²) < 4.78 is 0. The third-order valence-corrected chi connectivity index (χ3v) is 3.30. The Kier molecular flexibility index (Phi) is 5.17. The highest BCUT2D eigenvalue weighted by Crippen LogP contribution is 2.46. The number of amides is 2. The maximum atomic E-state index is 12.0. The minimum atomic E-state index is -0.758. The van der Waals surface area contributed by atoms with E-state index in [1.165, 1.54) is 0 Å². The van der Waals surface area contributed by atoms with Crippen LogP contribution < -0.4 is 10.6 Å². The number of nitrogens with one attached hydrogen (secondary N) is 2. The Labute approximate surface area is 110 Å². The van der Waals surface area contributed by atoms with Crippen molar-refractivity contribution in [3.05, 3.63) is 0 Å². The second kappa shape index (κ2) is 6.21. The highest BCUT2D eigenvalue weighted by atomic mass is 16.2. The van der Waals surface area contributed by atoms with Crippen molar-refractivity contribution in [2.75, 3.05) is 13.1 Å². The number of rotatable bonds is 7. The van der Waals surface area contributed by atoms with Crippen LogP contribution in [0.4, 0.5) is 0 Å². The zero-order valence-corrected chi connectivity index (χ0v) is 12.0. The topological polar surface area (TPSA) is 58.2 Å². The molecule has 0 bridgehead atoms. The van der Waals surface area contributed by atoms with Crippen LogP contribution in [0.25, 0.3) is 0 Å². The monoisotopic (exact) mass is 254 g/mol. The third-order valence-electron chi connectivity index (χ3n) is 3.30. The first-order valence-corrected chi connectivity index (χ1v) is 6.95. The van der Waals surface area contributed by atoms with Crippen LogP contribution in [-0.2, 0) is 9.59 Å². The first kappa shape index (κ1) is 15.0. The minimum absolute atomic E-state index is 0.0931. The first-order valence-electron chi connectivity index (χ1n) is 6.95. The van der Waals surface area contributed by atoms with Gasteiger partial charge in [-0.25, -0.2) is 0 Å². The summed E-state index contributed by atoms with van der Waals surface area (Å²) in [5.74, 6) is 0.784. The Morgan fingerprint density at radius 1 is 1.00 bits per heavy atom. The van der Waals surface area contributed by atoms with Crippen LogP contribution in [0.1, 0.15) is 47.0 Å². The average molecular weight is 254 g/mol. The fourth-order valence-corrected chi connectivity index (χ4v) is 1.79. The average Bonchev–Trinajstić information content (AvgIpc) is 3.06. The maximum Gasteiger partial charge on any atom is 0.235 e. The molecule has 1 rings (SSSR count). The van der Waals surface area contributed by atoms with Gasteiger partial charge in [0.05, 0.1) is 0 Å². The van der Waals surface area contributed by atoms with Gasteiger partial charge >= 0.3 is 0 Å². The number of hydrogen-bond acceptors (Lipinski definition) is 2. The normalized spacial score (nSPS) is 16.8. The van der Waals surface area contributed by atoms with Gasteiger partial charge in [-0.3, -0.25) is 9.59 Å². The number of carbonyl (C=O) groups is 2. The molecule has 0 aromatic rings. The zero-order chi connectivity index (χ0) is 13.8. The molecule has 0 spiro atoms. The SMILES string of the molecule is CC(C)CCNC(=O)C1(C(=O)NCC(C)C)CC1. The van der Waals surface area contributed by atoms with Crippen LogP contribution in [-0.4, -0.2) is 24.9 Å². The Hall–Kier alpha value is -1.06. The van der Waals surface area contributed by atoms with E-state index in [1.807, 2.05) is 13.8 Å². The highest BCUT2D eigenvalue weighted by molar-refractivity contribution is 6.07. The van der Waals surface area contributed by atoms with Gasteiger partial charge in [0.15, 0.2) is 0 Å². The largest absolute Gasteiger partial charge is 0.355 e. The van der Waals surface area contributed by atoms with Crippen molar-refractivity contribution in [3.63, 3.8) is 0 Å². The van der Waals surface area contributed by atoms with Gasteiger partial charge in [0.2, 0.25) is 11.8 Å². The molecule has 4 heteroatoms. The van der Waals surface area contributed by atoms with E-state index in [-0.39, 0.29) is 11.8 Å². The summed E-state index contributed by atoms with van der Waals surface area (Å²) in [5, 5.41) is 5.75. The van der Waals surface area contributed by atoms with Gasteiger partial charge in [0.25, 0.3) is 0 Å². The molecule has 1 fully saturated rings. The predicted molar refractivity (Wildman–Crippen MR) is 72.0 cm³/mol. The zero-order valence-electron chi connectivity index (χ0n) is 12.0. The van der Waals surface area contributed by atoms with E-state index in [1.54, 1.807) is 0 Å². The van der Waals surface area contributed by atoms with Crippen molar-refractivity contribution in [2.24, 2.45) is 17.3 Å². The molecule has 0 saturated heterocycles.